The number of hydrogen-bond acceptors (Lipinski definition) is 2. The van der Waals surface area contributed by atoms with Crippen LogP contribution in [0.1, 0.15) is 58.8 Å². The maximum atomic E-state index is 4.95. The first-order valence-corrected chi connectivity index (χ1v) is 5.20. The molecule has 1 fully saturated rings. The van der Waals surface area contributed by atoms with Gasteiger partial charge in [0.25, 0.3) is 0 Å². The predicted molar refractivity (Wildman–Crippen MR) is 48.6 cm³/mol. The quantitative estimate of drug-likeness (QED) is 0.334. The summed E-state index contributed by atoms with van der Waals surface area (Å²) in [7, 11) is 0. The maximum Gasteiger partial charge on any atom is 0.234 e. The first kappa shape index (κ1) is 10.0. The van der Waals surface area contributed by atoms with Crippen molar-refractivity contribution in [2.45, 2.75) is 64.6 Å². The molecule has 0 aromatic carbocycles. The van der Waals surface area contributed by atoms with Gasteiger partial charge in [-0.1, -0.05) is 39.5 Å². The fraction of sp³-hybridized carbons (Fsp3) is 1.00. The van der Waals surface area contributed by atoms with Crippen LogP contribution in [0.3, 0.4) is 0 Å². The average Bonchev–Trinajstić information content (AvgIpc) is 2.85. The van der Waals surface area contributed by atoms with Crippen LogP contribution in [0.5, 0.6) is 0 Å². The molecule has 1 rings (SSSR count). The van der Waals surface area contributed by atoms with Crippen LogP contribution in [-0.4, -0.2) is 5.79 Å². The van der Waals surface area contributed by atoms with Crippen molar-refractivity contribution < 1.29 is 9.78 Å². The summed E-state index contributed by atoms with van der Waals surface area (Å²) in [6, 6.07) is 0. The lowest BCUT2D eigenvalue weighted by atomic mass is 10.1. The number of unbranched alkanes of at least 4 members (excludes halogenated alkanes) is 4. The molecule has 12 heavy (non-hydrogen) atoms. The van der Waals surface area contributed by atoms with Crippen molar-refractivity contribution in [2.75, 3.05) is 0 Å². The van der Waals surface area contributed by atoms with Crippen LogP contribution in [0, 0.1) is 0 Å². The highest BCUT2D eigenvalue weighted by atomic mass is 17.4. The van der Waals surface area contributed by atoms with Crippen LogP contribution in [0.2, 0.25) is 0 Å². The molecule has 2 heteroatoms. The van der Waals surface area contributed by atoms with Crippen molar-refractivity contribution >= 4 is 0 Å². The van der Waals surface area contributed by atoms with E-state index in [9.17, 15) is 0 Å². The molecule has 2 nitrogen and oxygen atoms in total. The fourth-order valence-electron chi connectivity index (χ4n) is 1.43. The number of hydrogen-bond donors (Lipinski definition) is 0. The Morgan fingerprint density at radius 2 is 1.58 bits per heavy atom. The molecule has 0 unspecified atom stereocenters. The van der Waals surface area contributed by atoms with Crippen LogP contribution < -0.4 is 0 Å². The van der Waals surface area contributed by atoms with E-state index in [4.69, 9.17) is 9.78 Å². The van der Waals surface area contributed by atoms with Crippen LogP contribution in [0.4, 0.5) is 0 Å². The van der Waals surface area contributed by atoms with Gasteiger partial charge in [-0.05, 0) is 6.42 Å². The van der Waals surface area contributed by atoms with Crippen molar-refractivity contribution in [3.8, 4) is 0 Å². The van der Waals surface area contributed by atoms with Crippen molar-refractivity contribution in [1.82, 2.24) is 0 Å². The van der Waals surface area contributed by atoms with Gasteiger partial charge < -0.3 is 0 Å². The minimum atomic E-state index is -0.161. The lowest BCUT2D eigenvalue weighted by Crippen LogP contribution is -2.07. The molecule has 0 bridgehead atoms. The molecule has 0 spiro atoms. The third kappa shape index (κ3) is 3.11. The number of rotatable bonds is 7. The summed E-state index contributed by atoms with van der Waals surface area (Å²) in [6.07, 6.45) is 8.66. The van der Waals surface area contributed by atoms with Gasteiger partial charge in [0.15, 0.2) is 0 Å². The molecular formula is C10H20O2. The van der Waals surface area contributed by atoms with Crippen molar-refractivity contribution in [1.29, 1.82) is 0 Å². The summed E-state index contributed by atoms with van der Waals surface area (Å²) in [6.45, 7) is 4.35. The van der Waals surface area contributed by atoms with Crippen LogP contribution in [0.25, 0.3) is 0 Å². The standard InChI is InChI=1S/C10H20O2/c1-3-5-6-7-8-9-10(4-2)11-12-10/h3-9H2,1-2H3. The van der Waals surface area contributed by atoms with Gasteiger partial charge in [0.05, 0.1) is 0 Å². The zero-order valence-electron chi connectivity index (χ0n) is 8.27. The summed E-state index contributed by atoms with van der Waals surface area (Å²) < 4.78 is 0. The Hall–Kier alpha value is -0.0800. The Labute approximate surface area is 75.2 Å². The van der Waals surface area contributed by atoms with E-state index in [-0.39, 0.29) is 5.79 Å². The van der Waals surface area contributed by atoms with Gasteiger partial charge in [0.1, 0.15) is 0 Å². The van der Waals surface area contributed by atoms with Crippen molar-refractivity contribution in [3.63, 3.8) is 0 Å². The highest BCUT2D eigenvalue weighted by molar-refractivity contribution is 4.71. The minimum Gasteiger partial charge on any atom is -0.195 e. The molecule has 1 aliphatic heterocycles. The Bertz CT molecular complexity index is 119. The van der Waals surface area contributed by atoms with E-state index < -0.39 is 0 Å². The third-order valence-corrected chi connectivity index (χ3v) is 2.52. The highest BCUT2D eigenvalue weighted by Gasteiger charge is 2.45. The van der Waals surface area contributed by atoms with E-state index in [1.807, 2.05) is 0 Å². The molecule has 0 radical (unpaired) electrons. The van der Waals surface area contributed by atoms with Crippen molar-refractivity contribution in [3.05, 3.63) is 0 Å². The smallest absolute Gasteiger partial charge is 0.195 e. The van der Waals surface area contributed by atoms with E-state index >= 15 is 0 Å². The lowest BCUT2D eigenvalue weighted by molar-refractivity contribution is 0.0850. The molecule has 0 aliphatic carbocycles. The summed E-state index contributed by atoms with van der Waals surface area (Å²) in [5.41, 5.74) is 0. The normalized spacial score (nSPS) is 19.5. The lowest BCUT2D eigenvalue weighted by Gasteiger charge is -2.02. The molecule has 1 saturated heterocycles. The Balaban J connectivity index is 1.89. The fourth-order valence-corrected chi connectivity index (χ4v) is 1.43. The summed E-state index contributed by atoms with van der Waals surface area (Å²) >= 11 is 0. The molecule has 1 aliphatic rings. The van der Waals surface area contributed by atoms with E-state index in [1.165, 1.54) is 32.1 Å². The molecular weight excluding hydrogens is 152 g/mol. The molecule has 0 aromatic heterocycles. The summed E-state index contributed by atoms with van der Waals surface area (Å²) in [5, 5.41) is 0. The predicted octanol–water partition coefficient (Wildman–Crippen LogP) is 3.42. The first-order valence-electron chi connectivity index (χ1n) is 5.20. The minimum absolute atomic E-state index is 0.161. The summed E-state index contributed by atoms with van der Waals surface area (Å²) in [4.78, 5) is 9.90. The van der Waals surface area contributed by atoms with E-state index in [0.29, 0.717) is 0 Å². The molecule has 0 amide bonds. The van der Waals surface area contributed by atoms with Gasteiger partial charge >= 0.3 is 0 Å². The van der Waals surface area contributed by atoms with Gasteiger partial charge in [-0.2, -0.15) is 9.78 Å². The average molecular weight is 172 g/mol. The van der Waals surface area contributed by atoms with Gasteiger partial charge in [0, 0.05) is 12.8 Å². The molecule has 0 saturated carbocycles. The molecule has 0 atom stereocenters. The largest absolute Gasteiger partial charge is 0.234 e. The monoisotopic (exact) mass is 172 g/mol. The van der Waals surface area contributed by atoms with Gasteiger partial charge in [0.2, 0.25) is 5.79 Å². The Morgan fingerprint density at radius 3 is 2.08 bits per heavy atom. The highest BCUT2D eigenvalue weighted by Crippen LogP contribution is 2.37. The van der Waals surface area contributed by atoms with E-state index in [2.05, 4.69) is 13.8 Å². The first-order chi connectivity index (χ1) is 5.83. The zero-order chi connectivity index (χ0) is 8.86. The second-order valence-electron chi connectivity index (χ2n) is 3.60. The Morgan fingerprint density at radius 1 is 0.917 bits per heavy atom. The van der Waals surface area contributed by atoms with Crippen LogP contribution >= 0.6 is 0 Å². The van der Waals surface area contributed by atoms with Gasteiger partial charge in [-0.25, -0.2) is 0 Å². The SMILES string of the molecule is CCCCCCCC1(CC)OO1. The van der Waals surface area contributed by atoms with E-state index in [0.717, 1.165) is 12.8 Å². The second-order valence-corrected chi connectivity index (χ2v) is 3.60. The van der Waals surface area contributed by atoms with Crippen molar-refractivity contribution in [2.24, 2.45) is 0 Å². The molecule has 0 N–H and O–H groups in total. The third-order valence-electron chi connectivity index (χ3n) is 2.52. The second kappa shape index (κ2) is 4.83. The molecule has 0 aromatic rings. The zero-order valence-corrected chi connectivity index (χ0v) is 8.27. The Kier molecular flexibility index (Phi) is 4.02. The van der Waals surface area contributed by atoms with Crippen LogP contribution in [-0.2, 0) is 9.78 Å². The maximum absolute atomic E-state index is 4.95. The molecule has 72 valence electrons. The van der Waals surface area contributed by atoms with Crippen LogP contribution in [0.15, 0.2) is 0 Å². The van der Waals surface area contributed by atoms with Gasteiger partial charge in [-0.15, -0.1) is 0 Å². The summed E-state index contributed by atoms with van der Waals surface area (Å²) in [5.74, 6) is -0.161. The topological polar surface area (TPSA) is 25.1 Å². The molecule has 1 heterocycles. The van der Waals surface area contributed by atoms with E-state index in [1.54, 1.807) is 0 Å². The van der Waals surface area contributed by atoms with Gasteiger partial charge in [-0.3, -0.25) is 0 Å².